The fourth-order valence-corrected chi connectivity index (χ4v) is 2.46. The Kier molecular flexibility index (Phi) is 3.05. The molecule has 0 spiro atoms. The van der Waals surface area contributed by atoms with Crippen molar-refractivity contribution in [2.45, 2.75) is 10.6 Å². The Bertz CT molecular complexity index is 504. The van der Waals surface area contributed by atoms with Crippen molar-refractivity contribution in [1.82, 2.24) is 9.78 Å². The van der Waals surface area contributed by atoms with Gasteiger partial charge in [-0.25, -0.2) is 0 Å². The molecule has 16 heavy (non-hydrogen) atoms. The highest BCUT2D eigenvalue weighted by atomic mass is 32.2. The summed E-state index contributed by atoms with van der Waals surface area (Å²) in [6.07, 6.45) is 3.60. The number of anilines is 1. The minimum atomic E-state index is -1.04. The third kappa shape index (κ3) is 2.49. The summed E-state index contributed by atoms with van der Waals surface area (Å²) in [6, 6.07) is 7.11. The summed E-state index contributed by atoms with van der Waals surface area (Å²) < 4.78 is 13.7. The van der Waals surface area contributed by atoms with Gasteiger partial charge in [0, 0.05) is 29.4 Å². The van der Waals surface area contributed by atoms with Gasteiger partial charge in [0.15, 0.2) is 0 Å². The molecule has 84 valence electrons. The number of nitrogens with two attached hydrogens (primary N) is 1. The highest BCUT2D eigenvalue weighted by Gasteiger charge is 2.06. The Morgan fingerprint density at radius 1 is 1.38 bits per heavy atom. The highest BCUT2D eigenvalue weighted by Crippen LogP contribution is 2.13. The van der Waals surface area contributed by atoms with Crippen LogP contribution in [0.4, 0.5) is 5.69 Å². The number of aryl methyl sites for hydroxylation is 1. The Morgan fingerprint density at radius 3 is 2.62 bits per heavy atom. The quantitative estimate of drug-likeness (QED) is 0.816. The number of nitrogen functional groups attached to an aromatic ring is 1. The summed E-state index contributed by atoms with van der Waals surface area (Å²) in [5.41, 5.74) is 7.22. The second kappa shape index (κ2) is 4.49. The largest absolute Gasteiger partial charge is 0.399 e. The lowest BCUT2D eigenvalue weighted by molar-refractivity contribution is 0.682. The third-order valence-electron chi connectivity index (χ3n) is 2.20. The number of aromatic nitrogens is 2. The molecule has 2 N–H and O–H groups in total. The molecule has 0 amide bonds. The van der Waals surface area contributed by atoms with Crippen LogP contribution in [0.15, 0.2) is 41.6 Å². The zero-order valence-corrected chi connectivity index (χ0v) is 9.78. The summed E-state index contributed by atoms with van der Waals surface area (Å²) in [4.78, 5) is 0.790. The van der Waals surface area contributed by atoms with E-state index in [2.05, 4.69) is 5.10 Å². The average Bonchev–Trinajstić information content (AvgIpc) is 2.65. The summed E-state index contributed by atoms with van der Waals surface area (Å²) in [7, 11) is 0.805. The summed E-state index contributed by atoms with van der Waals surface area (Å²) in [6.45, 7) is 0. The molecule has 1 atom stereocenters. The first kappa shape index (κ1) is 10.9. The van der Waals surface area contributed by atoms with Crippen molar-refractivity contribution in [2.24, 2.45) is 7.05 Å². The van der Waals surface area contributed by atoms with E-state index < -0.39 is 10.8 Å². The van der Waals surface area contributed by atoms with Crippen LogP contribution in [0.2, 0.25) is 0 Å². The molecule has 0 aliphatic rings. The molecule has 1 aromatic carbocycles. The molecule has 0 bridgehead atoms. The predicted molar refractivity (Wildman–Crippen MR) is 64.2 cm³/mol. The Morgan fingerprint density at radius 2 is 2.06 bits per heavy atom. The normalized spacial score (nSPS) is 12.6. The summed E-state index contributed by atoms with van der Waals surface area (Å²) in [5, 5.41) is 4.04. The van der Waals surface area contributed by atoms with Gasteiger partial charge in [-0.1, -0.05) is 0 Å². The van der Waals surface area contributed by atoms with Gasteiger partial charge >= 0.3 is 0 Å². The minimum Gasteiger partial charge on any atom is -0.399 e. The molecule has 0 saturated heterocycles. The van der Waals surface area contributed by atoms with Gasteiger partial charge in [0.25, 0.3) is 0 Å². The van der Waals surface area contributed by atoms with Gasteiger partial charge < -0.3 is 5.73 Å². The fourth-order valence-electron chi connectivity index (χ4n) is 1.40. The van der Waals surface area contributed by atoms with Crippen molar-refractivity contribution in [3.63, 3.8) is 0 Å². The van der Waals surface area contributed by atoms with Crippen LogP contribution in [0.25, 0.3) is 0 Å². The van der Waals surface area contributed by atoms with E-state index in [0.717, 1.165) is 10.5 Å². The van der Waals surface area contributed by atoms with E-state index >= 15 is 0 Å². The second-order valence-electron chi connectivity index (χ2n) is 3.58. The van der Waals surface area contributed by atoms with Gasteiger partial charge in [0.2, 0.25) is 0 Å². The molecule has 5 heteroatoms. The van der Waals surface area contributed by atoms with Crippen LogP contribution < -0.4 is 5.73 Å². The molecule has 0 radical (unpaired) electrons. The number of nitrogens with zero attached hydrogens (tertiary/aromatic N) is 2. The van der Waals surface area contributed by atoms with Crippen molar-refractivity contribution in [3.05, 3.63) is 42.2 Å². The lowest BCUT2D eigenvalue weighted by atomic mass is 10.3. The van der Waals surface area contributed by atoms with Gasteiger partial charge in [-0.15, -0.1) is 0 Å². The van der Waals surface area contributed by atoms with E-state index in [9.17, 15) is 4.21 Å². The van der Waals surface area contributed by atoms with E-state index in [0.29, 0.717) is 11.4 Å². The maximum atomic E-state index is 12.0. The maximum Gasteiger partial charge on any atom is 0.0575 e. The topological polar surface area (TPSA) is 60.9 Å². The molecule has 1 unspecified atom stereocenters. The van der Waals surface area contributed by atoms with E-state index in [-0.39, 0.29) is 0 Å². The second-order valence-corrected chi connectivity index (χ2v) is 5.03. The molecule has 1 heterocycles. The van der Waals surface area contributed by atoms with Crippen LogP contribution in [0.1, 0.15) is 5.56 Å². The lowest BCUT2D eigenvalue weighted by Gasteiger charge is -2.00. The van der Waals surface area contributed by atoms with E-state index in [1.807, 2.05) is 13.2 Å². The van der Waals surface area contributed by atoms with E-state index in [4.69, 9.17) is 5.73 Å². The van der Waals surface area contributed by atoms with Crippen LogP contribution in [0, 0.1) is 0 Å². The van der Waals surface area contributed by atoms with Crippen molar-refractivity contribution < 1.29 is 4.21 Å². The van der Waals surface area contributed by atoms with Crippen molar-refractivity contribution in [3.8, 4) is 0 Å². The fraction of sp³-hybridized carbons (Fsp3) is 0.182. The standard InChI is InChI=1S/C11H13N3OS/c1-14-7-9(6-13-14)8-16(15)11-4-2-10(12)3-5-11/h2-7H,8,12H2,1H3. The first-order chi connectivity index (χ1) is 7.65. The molecular formula is C11H13N3OS. The monoisotopic (exact) mass is 235 g/mol. The van der Waals surface area contributed by atoms with Crippen molar-refractivity contribution >= 4 is 16.5 Å². The SMILES string of the molecule is Cn1cc(CS(=O)c2ccc(N)cc2)cn1. The molecule has 0 saturated carbocycles. The van der Waals surface area contributed by atoms with Crippen molar-refractivity contribution in [1.29, 1.82) is 0 Å². The summed E-state index contributed by atoms with van der Waals surface area (Å²) >= 11 is 0. The maximum absolute atomic E-state index is 12.0. The van der Waals surface area contributed by atoms with Crippen LogP contribution >= 0.6 is 0 Å². The average molecular weight is 235 g/mol. The summed E-state index contributed by atoms with van der Waals surface area (Å²) in [5.74, 6) is 0.484. The van der Waals surface area contributed by atoms with Crippen LogP contribution in [0.3, 0.4) is 0 Å². The van der Waals surface area contributed by atoms with Crippen LogP contribution in [-0.2, 0) is 23.6 Å². The molecule has 2 aromatic rings. The number of rotatable bonds is 3. The Balaban J connectivity index is 2.11. The zero-order valence-electron chi connectivity index (χ0n) is 8.96. The molecule has 4 nitrogen and oxygen atoms in total. The van der Waals surface area contributed by atoms with Gasteiger partial charge in [-0.3, -0.25) is 8.89 Å². The molecule has 0 fully saturated rings. The van der Waals surface area contributed by atoms with E-state index in [1.165, 1.54) is 0 Å². The predicted octanol–water partition coefficient (Wildman–Crippen LogP) is 1.31. The van der Waals surface area contributed by atoms with Crippen LogP contribution in [-0.4, -0.2) is 14.0 Å². The lowest BCUT2D eigenvalue weighted by Crippen LogP contribution is -1.96. The molecule has 2 rings (SSSR count). The number of benzene rings is 1. The molecular weight excluding hydrogens is 222 g/mol. The molecule has 0 aliphatic carbocycles. The first-order valence-corrected chi connectivity index (χ1v) is 6.18. The van der Waals surface area contributed by atoms with Gasteiger partial charge in [0.05, 0.1) is 22.7 Å². The zero-order chi connectivity index (χ0) is 11.5. The molecule has 1 aromatic heterocycles. The van der Waals surface area contributed by atoms with Gasteiger partial charge in [-0.2, -0.15) is 5.10 Å². The number of hydrogen-bond acceptors (Lipinski definition) is 3. The van der Waals surface area contributed by atoms with Crippen LogP contribution in [0.5, 0.6) is 0 Å². The third-order valence-corrected chi connectivity index (χ3v) is 3.59. The molecule has 0 aliphatic heterocycles. The minimum absolute atomic E-state index is 0.484. The Labute approximate surface area is 96.5 Å². The van der Waals surface area contributed by atoms with Crippen molar-refractivity contribution in [2.75, 3.05) is 5.73 Å². The highest BCUT2D eigenvalue weighted by molar-refractivity contribution is 7.84. The van der Waals surface area contributed by atoms with Gasteiger partial charge in [-0.05, 0) is 24.3 Å². The number of hydrogen-bond donors (Lipinski definition) is 1. The smallest absolute Gasteiger partial charge is 0.0575 e. The van der Waals surface area contributed by atoms with E-state index in [1.54, 1.807) is 35.1 Å². The first-order valence-electron chi connectivity index (χ1n) is 4.86. The van der Waals surface area contributed by atoms with Gasteiger partial charge in [0.1, 0.15) is 0 Å². The Hall–Kier alpha value is -1.62.